The molecule has 0 bridgehead atoms. The van der Waals surface area contributed by atoms with Crippen molar-refractivity contribution in [1.82, 2.24) is 0 Å². The zero-order valence-electron chi connectivity index (χ0n) is 13.7. The van der Waals surface area contributed by atoms with Crippen LogP contribution in [0.4, 0.5) is 0 Å². The Morgan fingerprint density at radius 3 is 1.65 bits per heavy atom. The van der Waals surface area contributed by atoms with E-state index in [1.54, 1.807) is 21.1 Å². The van der Waals surface area contributed by atoms with Gasteiger partial charge in [0.2, 0.25) is 0 Å². The predicted molar refractivity (Wildman–Crippen MR) is 77.9 cm³/mol. The lowest BCUT2D eigenvalue weighted by atomic mass is 10.4. The summed E-state index contributed by atoms with van der Waals surface area (Å²) in [4.78, 5) is 0. The molecule has 0 saturated carbocycles. The monoisotopic (exact) mass is 296 g/mol. The van der Waals surface area contributed by atoms with Gasteiger partial charge in [0.25, 0.3) is 0 Å². The van der Waals surface area contributed by atoms with Crippen LogP contribution in [0.25, 0.3) is 0 Å². The van der Waals surface area contributed by atoms with Crippen LogP contribution in [-0.2, 0) is 18.9 Å². The quantitative estimate of drug-likeness (QED) is 0.622. The van der Waals surface area contributed by atoms with Gasteiger partial charge in [-0.2, -0.15) is 0 Å². The molecule has 4 atom stereocenters. The van der Waals surface area contributed by atoms with Crippen molar-refractivity contribution in [3.8, 4) is 0 Å². The maximum absolute atomic E-state index is 8.72. The molecular weight excluding hydrogens is 264 g/mol. The van der Waals surface area contributed by atoms with Gasteiger partial charge in [-0.3, -0.25) is 0 Å². The summed E-state index contributed by atoms with van der Waals surface area (Å²) in [7, 11) is 3.22. The fraction of sp³-hybridized carbons (Fsp3) is 1.00. The fourth-order valence-electron chi connectivity index (χ4n) is 1.01. The second kappa shape index (κ2) is 15.2. The largest absolute Gasteiger partial charge is 0.394 e. The Labute approximate surface area is 123 Å². The van der Waals surface area contributed by atoms with Crippen LogP contribution in [0.5, 0.6) is 0 Å². The topological polar surface area (TPSA) is 77.4 Å². The number of hydrogen-bond donors (Lipinski definition) is 2. The summed E-state index contributed by atoms with van der Waals surface area (Å²) in [6.45, 7) is 8.93. The van der Waals surface area contributed by atoms with Gasteiger partial charge in [-0.15, -0.1) is 0 Å². The van der Waals surface area contributed by atoms with E-state index in [-0.39, 0.29) is 31.0 Å². The van der Waals surface area contributed by atoms with E-state index >= 15 is 0 Å². The highest BCUT2D eigenvalue weighted by Crippen LogP contribution is 1.98. The van der Waals surface area contributed by atoms with E-state index < -0.39 is 0 Å². The SMILES string of the molecule is COC(C)COC(C)COC(C)CO.COCC(C)O. The molecule has 4 unspecified atom stereocenters. The van der Waals surface area contributed by atoms with Crippen molar-refractivity contribution in [2.24, 2.45) is 0 Å². The van der Waals surface area contributed by atoms with Crippen LogP contribution in [0.2, 0.25) is 0 Å². The molecule has 0 fully saturated rings. The standard InChI is InChI=1S/C10H22O4.C4H10O2/c1-8(5-11)13-7-10(3)14-6-9(2)12-4;1-4(5)3-6-2/h8-11H,5-7H2,1-4H3;4-5H,3H2,1-2H3. The van der Waals surface area contributed by atoms with Gasteiger partial charge in [0.15, 0.2) is 0 Å². The number of aliphatic hydroxyl groups is 2. The highest BCUT2D eigenvalue weighted by atomic mass is 16.6. The molecule has 0 aromatic rings. The zero-order valence-corrected chi connectivity index (χ0v) is 13.7. The zero-order chi connectivity index (χ0) is 16.0. The minimum atomic E-state index is -0.324. The first-order valence-corrected chi connectivity index (χ1v) is 6.91. The van der Waals surface area contributed by atoms with Gasteiger partial charge in [0, 0.05) is 14.2 Å². The molecule has 2 N–H and O–H groups in total. The first kappa shape index (κ1) is 22.0. The molecule has 0 amide bonds. The summed E-state index contributed by atoms with van der Waals surface area (Å²) in [5.41, 5.74) is 0. The average Bonchev–Trinajstić information content (AvgIpc) is 2.42. The van der Waals surface area contributed by atoms with Crippen LogP contribution >= 0.6 is 0 Å². The molecule has 0 spiro atoms. The van der Waals surface area contributed by atoms with Gasteiger partial charge in [0.1, 0.15) is 0 Å². The highest BCUT2D eigenvalue weighted by molar-refractivity contribution is 4.53. The Hall–Kier alpha value is -0.240. The summed E-state index contributed by atoms with van der Waals surface area (Å²) in [5.74, 6) is 0. The van der Waals surface area contributed by atoms with Crippen molar-refractivity contribution < 1.29 is 29.2 Å². The Bertz CT molecular complexity index is 175. The van der Waals surface area contributed by atoms with Gasteiger partial charge < -0.3 is 29.2 Å². The van der Waals surface area contributed by atoms with Crippen molar-refractivity contribution in [3.05, 3.63) is 0 Å². The molecule has 0 aliphatic carbocycles. The van der Waals surface area contributed by atoms with Crippen LogP contribution < -0.4 is 0 Å². The maximum Gasteiger partial charge on any atom is 0.0781 e. The van der Waals surface area contributed by atoms with E-state index in [1.807, 2.05) is 20.8 Å². The molecule has 0 aliphatic heterocycles. The predicted octanol–water partition coefficient (Wildman–Crippen LogP) is 0.837. The summed E-state index contributed by atoms with van der Waals surface area (Å²) in [6, 6.07) is 0. The lowest BCUT2D eigenvalue weighted by Gasteiger charge is -2.18. The summed E-state index contributed by atoms with van der Waals surface area (Å²) in [5, 5.41) is 17.1. The third-order valence-electron chi connectivity index (χ3n) is 2.30. The third-order valence-corrected chi connectivity index (χ3v) is 2.30. The first-order valence-electron chi connectivity index (χ1n) is 6.91. The van der Waals surface area contributed by atoms with Gasteiger partial charge in [0.05, 0.1) is 50.8 Å². The van der Waals surface area contributed by atoms with Gasteiger partial charge >= 0.3 is 0 Å². The van der Waals surface area contributed by atoms with Crippen molar-refractivity contribution in [1.29, 1.82) is 0 Å². The fourth-order valence-corrected chi connectivity index (χ4v) is 1.01. The first-order chi connectivity index (χ1) is 9.37. The van der Waals surface area contributed by atoms with Crippen molar-refractivity contribution in [2.45, 2.75) is 52.1 Å². The molecule has 20 heavy (non-hydrogen) atoms. The molecular formula is C14H32O6. The molecule has 0 rings (SSSR count). The van der Waals surface area contributed by atoms with E-state index in [4.69, 9.17) is 24.4 Å². The normalized spacial score (nSPS) is 16.8. The Balaban J connectivity index is 0. The smallest absolute Gasteiger partial charge is 0.0781 e. The number of methoxy groups -OCH3 is 2. The second-order valence-electron chi connectivity index (χ2n) is 4.82. The summed E-state index contributed by atoms with van der Waals surface area (Å²) >= 11 is 0. The third kappa shape index (κ3) is 17.8. The number of rotatable bonds is 10. The number of ether oxygens (including phenoxy) is 4. The second-order valence-corrected chi connectivity index (χ2v) is 4.82. The molecule has 0 heterocycles. The lowest BCUT2D eigenvalue weighted by Crippen LogP contribution is -2.25. The van der Waals surface area contributed by atoms with Crippen LogP contribution in [0.1, 0.15) is 27.7 Å². The molecule has 124 valence electrons. The van der Waals surface area contributed by atoms with E-state index in [9.17, 15) is 0 Å². The van der Waals surface area contributed by atoms with E-state index in [0.29, 0.717) is 19.8 Å². The van der Waals surface area contributed by atoms with Crippen molar-refractivity contribution in [2.75, 3.05) is 40.6 Å². The lowest BCUT2D eigenvalue weighted by molar-refractivity contribution is -0.0677. The minimum Gasteiger partial charge on any atom is -0.394 e. The molecule has 6 nitrogen and oxygen atoms in total. The van der Waals surface area contributed by atoms with E-state index in [1.165, 1.54) is 0 Å². The van der Waals surface area contributed by atoms with Crippen LogP contribution in [0, 0.1) is 0 Å². The van der Waals surface area contributed by atoms with Crippen molar-refractivity contribution >= 4 is 0 Å². The molecule has 0 aromatic heterocycles. The average molecular weight is 296 g/mol. The Morgan fingerprint density at radius 2 is 1.30 bits per heavy atom. The molecule has 0 saturated heterocycles. The van der Waals surface area contributed by atoms with Crippen molar-refractivity contribution in [3.63, 3.8) is 0 Å². The Kier molecular flexibility index (Phi) is 16.7. The van der Waals surface area contributed by atoms with Gasteiger partial charge in [-0.25, -0.2) is 0 Å². The molecule has 0 aromatic carbocycles. The number of hydrogen-bond acceptors (Lipinski definition) is 6. The van der Waals surface area contributed by atoms with Crippen LogP contribution in [0.3, 0.4) is 0 Å². The molecule has 0 aliphatic rings. The highest BCUT2D eigenvalue weighted by Gasteiger charge is 2.07. The molecule has 0 radical (unpaired) electrons. The van der Waals surface area contributed by atoms with Gasteiger partial charge in [-0.1, -0.05) is 0 Å². The summed E-state index contributed by atoms with van der Waals surface area (Å²) < 4.78 is 20.4. The Morgan fingerprint density at radius 1 is 0.800 bits per heavy atom. The number of aliphatic hydroxyl groups excluding tert-OH is 2. The van der Waals surface area contributed by atoms with Crippen LogP contribution in [-0.4, -0.2) is 75.3 Å². The van der Waals surface area contributed by atoms with Crippen LogP contribution in [0.15, 0.2) is 0 Å². The van der Waals surface area contributed by atoms with E-state index in [2.05, 4.69) is 4.74 Å². The molecule has 6 heteroatoms. The summed E-state index contributed by atoms with van der Waals surface area (Å²) in [6.07, 6.45) is -0.315. The maximum atomic E-state index is 8.72. The van der Waals surface area contributed by atoms with Gasteiger partial charge in [-0.05, 0) is 27.7 Å². The minimum absolute atomic E-state index is 0.0293. The van der Waals surface area contributed by atoms with E-state index in [0.717, 1.165) is 0 Å².